The lowest BCUT2D eigenvalue weighted by Gasteiger charge is -2.22. The van der Waals surface area contributed by atoms with E-state index in [2.05, 4.69) is 17.1 Å². The van der Waals surface area contributed by atoms with Crippen LogP contribution in [0.5, 0.6) is 11.5 Å². The number of hydrogen-bond acceptors (Lipinski definition) is 13. The summed E-state index contributed by atoms with van der Waals surface area (Å²) in [6.07, 6.45) is 15.7. The van der Waals surface area contributed by atoms with Gasteiger partial charge in [0.05, 0.1) is 37.9 Å². The van der Waals surface area contributed by atoms with Gasteiger partial charge in [0.25, 0.3) is 0 Å². The average molecular weight is 749 g/mol. The highest BCUT2D eigenvalue weighted by Crippen LogP contribution is 2.38. The Balaban J connectivity index is 1.71. The molecule has 1 aromatic rings. The fourth-order valence-electron chi connectivity index (χ4n) is 6.21. The van der Waals surface area contributed by atoms with Crippen LogP contribution < -0.4 is 14.8 Å². The Morgan fingerprint density at radius 1 is 0.906 bits per heavy atom. The molecule has 14 nitrogen and oxygen atoms in total. The molecule has 0 heterocycles. The van der Waals surface area contributed by atoms with Gasteiger partial charge in [-0.1, -0.05) is 50.8 Å². The summed E-state index contributed by atoms with van der Waals surface area (Å²) in [5.41, 5.74) is 0.584. The summed E-state index contributed by atoms with van der Waals surface area (Å²) in [5, 5.41) is 40.3. The number of carbonyl (C=O) groups is 4. The van der Waals surface area contributed by atoms with Gasteiger partial charge < -0.3 is 29.7 Å². The van der Waals surface area contributed by atoms with Gasteiger partial charge in [0.2, 0.25) is 5.91 Å². The smallest absolute Gasteiger partial charge is 0.333 e. The molecule has 5 atom stereocenters. The molecule has 1 aliphatic carbocycles. The highest BCUT2D eigenvalue weighted by Gasteiger charge is 2.40. The van der Waals surface area contributed by atoms with Crippen molar-refractivity contribution in [3.8, 4) is 11.5 Å². The van der Waals surface area contributed by atoms with Gasteiger partial charge in [0.15, 0.2) is 11.5 Å². The van der Waals surface area contributed by atoms with Gasteiger partial charge in [0, 0.05) is 25.3 Å². The molecule has 0 bridgehead atoms. The molecule has 298 valence electrons. The van der Waals surface area contributed by atoms with E-state index >= 15 is 0 Å². The third-order valence-electron chi connectivity index (χ3n) is 9.22. The first-order chi connectivity index (χ1) is 25.4. The van der Waals surface area contributed by atoms with Crippen molar-refractivity contribution in [2.24, 2.45) is 11.8 Å². The van der Waals surface area contributed by atoms with Crippen LogP contribution in [0.2, 0.25) is 0 Å². The first kappa shape index (κ1) is 45.5. The predicted octanol–water partition coefficient (Wildman–Crippen LogP) is 5.64. The number of nitrogens with zero attached hydrogens (tertiary/aromatic N) is 1. The molecular formula is C39H60N2O12. The second-order valence-corrected chi connectivity index (χ2v) is 13.5. The normalized spacial score (nSPS) is 19.2. The summed E-state index contributed by atoms with van der Waals surface area (Å²) in [6, 6.07) is 3.78. The van der Waals surface area contributed by atoms with Crippen molar-refractivity contribution in [3.63, 3.8) is 0 Å². The van der Waals surface area contributed by atoms with Gasteiger partial charge in [-0.2, -0.15) is 0 Å². The number of benzene rings is 1. The molecule has 2 rings (SSSR count). The molecule has 1 saturated carbocycles. The molecule has 53 heavy (non-hydrogen) atoms. The van der Waals surface area contributed by atoms with Crippen molar-refractivity contribution in [1.29, 1.82) is 0 Å². The second kappa shape index (κ2) is 26.2. The van der Waals surface area contributed by atoms with Crippen LogP contribution >= 0.6 is 0 Å². The summed E-state index contributed by atoms with van der Waals surface area (Å²) in [7, 11) is 1.41. The van der Waals surface area contributed by atoms with Crippen molar-refractivity contribution >= 4 is 29.7 Å². The van der Waals surface area contributed by atoms with Gasteiger partial charge in [-0.3, -0.25) is 24.8 Å². The minimum Gasteiger partial charge on any atom is -0.493 e. The molecule has 0 radical (unpaired) electrons. The number of amides is 1. The SMILES string of the molecule is CCCCCCCC(=O)CC[C@@H]1[C@@H](C/C=C\CCCC(=O)NC(C)C(=O)Oc2ccc(/C=C/C(=O)OCCCCON(O)O)cc2OC)[C@@H](O)C[C@H]1O. The minimum atomic E-state index is -0.921. The Kier molecular flexibility index (Phi) is 22.5. The quantitative estimate of drug-likeness (QED) is 0.0185. The number of ketones is 1. The lowest BCUT2D eigenvalue weighted by Crippen LogP contribution is -2.40. The first-order valence-electron chi connectivity index (χ1n) is 18.8. The largest absolute Gasteiger partial charge is 0.493 e. The zero-order valence-electron chi connectivity index (χ0n) is 31.5. The Morgan fingerprint density at radius 2 is 1.64 bits per heavy atom. The van der Waals surface area contributed by atoms with Crippen LogP contribution in [0, 0.1) is 11.8 Å². The third-order valence-corrected chi connectivity index (χ3v) is 9.22. The number of ether oxygens (including phenoxy) is 3. The molecule has 1 fully saturated rings. The predicted molar refractivity (Wildman–Crippen MR) is 196 cm³/mol. The number of allylic oxidation sites excluding steroid dienone is 2. The molecule has 0 aliphatic heterocycles. The summed E-state index contributed by atoms with van der Waals surface area (Å²) in [4.78, 5) is 54.0. The van der Waals surface area contributed by atoms with Crippen LogP contribution in [0.4, 0.5) is 0 Å². The number of carbonyl (C=O) groups excluding carboxylic acids is 4. The number of nitrogens with one attached hydrogen (secondary N) is 1. The highest BCUT2D eigenvalue weighted by atomic mass is 17.1. The monoisotopic (exact) mass is 748 g/mol. The molecule has 1 unspecified atom stereocenters. The van der Waals surface area contributed by atoms with Crippen LogP contribution in [-0.4, -0.2) is 88.2 Å². The number of rotatable bonds is 27. The molecule has 1 aromatic carbocycles. The van der Waals surface area contributed by atoms with Crippen molar-refractivity contribution in [2.75, 3.05) is 20.3 Å². The van der Waals surface area contributed by atoms with E-state index in [1.165, 1.54) is 45.1 Å². The zero-order valence-corrected chi connectivity index (χ0v) is 31.5. The van der Waals surface area contributed by atoms with Crippen molar-refractivity contribution in [1.82, 2.24) is 10.7 Å². The molecule has 1 amide bonds. The fourth-order valence-corrected chi connectivity index (χ4v) is 6.21. The van der Waals surface area contributed by atoms with Crippen LogP contribution in [0.1, 0.15) is 116 Å². The van der Waals surface area contributed by atoms with E-state index in [-0.39, 0.29) is 60.0 Å². The standard InChI is InChI=1S/C39H60N2O12/c1-4-5-6-7-10-15-30(42)20-21-32-31(33(43)27-34(32)44)16-11-8-9-12-17-37(45)40-28(2)39(47)53-35-22-18-29(26-36(35)50-3)19-23-38(46)51-24-13-14-25-52-41(48)49/h8,11,18-19,22-23,26,28,31-34,43-44,48-49H,4-7,9-10,12-17,20-21,24-25,27H2,1-3H3,(H,40,45)/b11-8-,23-19+/t28?,31-,32-,33+,34-/m1/s1. The minimum absolute atomic E-state index is 0.0506. The van der Waals surface area contributed by atoms with E-state index in [9.17, 15) is 29.4 Å². The Bertz CT molecular complexity index is 1320. The average Bonchev–Trinajstić information content (AvgIpc) is 3.39. The molecule has 5 N–H and O–H groups in total. The number of methoxy groups -OCH3 is 1. The Hall–Kier alpha value is -3.66. The van der Waals surface area contributed by atoms with E-state index in [0.29, 0.717) is 63.4 Å². The molecular weight excluding hydrogens is 688 g/mol. The van der Waals surface area contributed by atoms with Crippen molar-refractivity contribution in [3.05, 3.63) is 42.0 Å². The van der Waals surface area contributed by atoms with Gasteiger partial charge >= 0.3 is 11.9 Å². The van der Waals surface area contributed by atoms with Crippen LogP contribution in [0.15, 0.2) is 36.4 Å². The van der Waals surface area contributed by atoms with E-state index in [1.807, 2.05) is 12.2 Å². The van der Waals surface area contributed by atoms with Gasteiger partial charge in [-0.05, 0) is 93.9 Å². The summed E-state index contributed by atoms with van der Waals surface area (Å²) in [5.74, 6) is -1.17. The van der Waals surface area contributed by atoms with E-state index in [4.69, 9.17) is 24.6 Å². The van der Waals surface area contributed by atoms with Crippen molar-refractivity contribution < 1.29 is 58.9 Å². The maximum Gasteiger partial charge on any atom is 0.333 e. The summed E-state index contributed by atoms with van der Waals surface area (Å²) >= 11 is 0. The Morgan fingerprint density at radius 3 is 2.38 bits per heavy atom. The number of Topliss-reactive ketones (excluding diaryl/α,β-unsaturated/α-hetero) is 1. The van der Waals surface area contributed by atoms with Gasteiger partial charge in [-0.15, -0.1) is 0 Å². The number of hydrogen-bond donors (Lipinski definition) is 5. The maximum absolute atomic E-state index is 12.7. The van der Waals surface area contributed by atoms with E-state index < -0.39 is 30.2 Å². The van der Waals surface area contributed by atoms with E-state index in [0.717, 1.165) is 19.3 Å². The van der Waals surface area contributed by atoms with Crippen LogP contribution in [0.25, 0.3) is 6.08 Å². The maximum atomic E-state index is 12.7. The summed E-state index contributed by atoms with van der Waals surface area (Å²) < 4.78 is 15.9. The lowest BCUT2D eigenvalue weighted by molar-refractivity contribution is -0.492. The Labute approximate surface area is 313 Å². The van der Waals surface area contributed by atoms with Gasteiger partial charge in [0.1, 0.15) is 11.8 Å². The number of unbranched alkanes of at least 4 members (excludes halogenated alkanes) is 6. The number of aliphatic hydroxyl groups excluding tert-OH is 2. The zero-order chi connectivity index (χ0) is 39.0. The van der Waals surface area contributed by atoms with Crippen LogP contribution in [0.3, 0.4) is 0 Å². The molecule has 0 spiro atoms. The molecule has 14 heteroatoms. The van der Waals surface area contributed by atoms with E-state index in [1.54, 1.807) is 12.1 Å². The van der Waals surface area contributed by atoms with Crippen LogP contribution in [-0.2, 0) is 28.8 Å². The topological polar surface area (TPSA) is 201 Å². The lowest BCUT2D eigenvalue weighted by atomic mass is 9.86. The van der Waals surface area contributed by atoms with Crippen molar-refractivity contribution in [2.45, 2.75) is 128 Å². The molecule has 0 saturated heterocycles. The number of aliphatic hydroxyl groups is 2. The second-order valence-electron chi connectivity index (χ2n) is 13.5. The molecule has 1 aliphatic rings. The summed E-state index contributed by atoms with van der Waals surface area (Å²) in [6.45, 7) is 3.86. The van der Waals surface area contributed by atoms with Gasteiger partial charge in [-0.25, -0.2) is 9.59 Å². The highest BCUT2D eigenvalue weighted by molar-refractivity contribution is 5.87. The number of esters is 2. The third kappa shape index (κ3) is 18.8. The first-order valence-corrected chi connectivity index (χ1v) is 18.8. The fraction of sp³-hybridized carbons (Fsp3) is 0.641. The molecule has 0 aromatic heterocycles.